The molecule has 8 amide bonds. The summed E-state index contributed by atoms with van der Waals surface area (Å²) in [4.78, 5) is 203. The minimum atomic E-state index is -1.13. The molecule has 21 heterocycles. The van der Waals surface area contributed by atoms with E-state index >= 15 is 0 Å². The van der Waals surface area contributed by atoms with Crippen LogP contribution in [0, 0.1) is 82.9 Å². The molecule has 0 aromatic heterocycles. The third kappa shape index (κ3) is 24.2. The highest BCUT2D eigenvalue weighted by molar-refractivity contribution is 5.92. The van der Waals surface area contributed by atoms with Crippen LogP contribution in [0.1, 0.15) is 162 Å². The molecular formula is C103H151N12O30-. The van der Waals surface area contributed by atoms with Crippen LogP contribution in [0.25, 0.3) is 0 Å². The first-order valence-corrected chi connectivity index (χ1v) is 53.5. The summed E-state index contributed by atoms with van der Waals surface area (Å²) >= 11 is 0. The predicted octanol–water partition coefficient (Wildman–Crippen LogP) is -3.54. The van der Waals surface area contributed by atoms with Crippen LogP contribution in [-0.4, -0.2) is 429 Å². The maximum absolute atomic E-state index is 12.9. The summed E-state index contributed by atoms with van der Waals surface area (Å²) in [6.07, 6.45) is 13.8. The van der Waals surface area contributed by atoms with Crippen LogP contribution in [0.4, 0.5) is 4.79 Å². The molecule has 21 aliphatic heterocycles. The Morgan fingerprint density at radius 3 is 0.869 bits per heavy atom. The number of methoxy groups -OCH3 is 1. The van der Waals surface area contributed by atoms with Gasteiger partial charge >= 0.3 is 30.0 Å². The summed E-state index contributed by atoms with van der Waals surface area (Å²) < 4.78 is 49.9. The number of likely N-dealkylation sites (N-methyl/N-ethyl adjacent to an activating group) is 3. The number of ether oxygens (including phenoxy) is 9. The van der Waals surface area contributed by atoms with Gasteiger partial charge in [-0.2, -0.15) is 0 Å². The molecule has 28 atom stereocenters. The number of hydrogen-bond donors (Lipinski definition) is 5. The molecule has 0 radical (unpaired) electrons. The van der Waals surface area contributed by atoms with Gasteiger partial charge < -0.3 is 142 Å². The van der Waals surface area contributed by atoms with Gasteiger partial charge in [-0.05, 0) is 169 Å². The number of quaternary nitrogens is 2. The Kier molecular flexibility index (Phi) is 35.6. The number of carboxylic acids is 6. The lowest BCUT2D eigenvalue weighted by molar-refractivity contribution is -0.902. The fourth-order valence-corrected chi connectivity index (χ4v) is 26.9. The van der Waals surface area contributed by atoms with E-state index in [1.165, 1.54) is 28.9 Å². The minimum Gasteiger partial charge on any atom is -0.550 e. The van der Waals surface area contributed by atoms with E-state index < -0.39 is 118 Å². The number of nitrogens with zero attached hydrogens (tertiary/aromatic N) is 10. The highest BCUT2D eigenvalue weighted by Gasteiger charge is 2.63. The number of esters is 1. The van der Waals surface area contributed by atoms with Gasteiger partial charge in [-0.1, -0.05) is 30.3 Å². The number of carbonyl (C=O) groups is 15. The van der Waals surface area contributed by atoms with E-state index in [4.69, 9.17) is 42.6 Å². The van der Waals surface area contributed by atoms with E-state index in [2.05, 4.69) is 35.9 Å². The zero-order valence-electron chi connectivity index (χ0n) is 84.9. The van der Waals surface area contributed by atoms with Gasteiger partial charge in [0.05, 0.1) is 224 Å². The van der Waals surface area contributed by atoms with Crippen molar-refractivity contribution in [2.45, 2.75) is 254 Å². The average molecular weight is 2040 g/mol. The molecule has 22 rings (SSSR count). The van der Waals surface area contributed by atoms with Crippen molar-refractivity contribution in [2.24, 2.45) is 82.9 Å². The van der Waals surface area contributed by atoms with E-state index in [1.54, 1.807) is 14.7 Å². The lowest BCUT2D eigenvalue weighted by Crippen LogP contribution is -3.14. The molecule has 804 valence electrons. The predicted molar refractivity (Wildman–Crippen MR) is 503 cm³/mol. The molecule has 42 nitrogen and oxygen atoms in total. The number of piperidine rings is 2. The zero-order chi connectivity index (χ0) is 103. The number of piperazine rings is 5. The van der Waals surface area contributed by atoms with E-state index in [0.29, 0.717) is 71.9 Å². The first kappa shape index (κ1) is 108. The molecule has 21 saturated heterocycles. The molecule has 14 bridgehead atoms. The minimum absolute atomic E-state index is 0.0206. The zero-order valence-corrected chi connectivity index (χ0v) is 84.9. The molecule has 1 aromatic rings. The van der Waals surface area contributed by atoms with Crippen molar-refractivity contribution in [2.75, 3.05) is 185 Å². The van der Waals surface area contributed by atoms with Crippen LogP contribution in [0.15, 0.2) is 30.3 Å². The maximum Gasteiger partial charge on any atom is 0.410 e. The Morgan fingerprint density at radius 2 is 0.579 bits per heavy atom. The number of hydrogen-bond acceptors (Lipinski definition) is 29. The monoisotopic (exact) mass is 2040 g/mol. The number of benzene rings is 1. The molecular weight excluding hydrogens is 1890 g/mol. The molecule has 21 aliphatic rings. The summed E-state index contributed by atoms with van der Waals surface area (Å²) in [5, 5.41) is 62.1. The van der Waals surface area contributed by atoms with Crippen molar-refractivity contribution < 1.29 is 155 Å². The highest BCUT2D eigenvalue weighted by atomic mass is 16.6. The molecule has 14 unspecified atom stereocenters. The van der Waals surface area contributed by atoms with Crippen molar-refractivity contribution in [1.29, 1.82) is 0 Å². The first-order chi connectivity index (χ1) is 69.5. The Labute approximate surface area is 846 Å². The van der Waals surface area contributed by atoms with Crippen LogP contribution < -0.4 is 25.1 Å². The molecule has 145 heavy (non-hydrogen) atoms. The number of fused-ring (bicyclic) bond motifs is 14. The van der Waals surface area contributed by atoms with Crippen LogP contribution in [0.3, 0.4) is 0 Å². The van der Waals surface area contributed by atoms with Gasteiger partial charge in [0, 0.05) is 147 Å². The molecule has 21 fully saturated rings. The molecule has 0 aliphatic carbocycles. The number of carbonyl (C=O) groups excluding carboxylic acids is 12. The second-order valence-corrected chi connectivity index (χ2v) is 44.4. The van der Waals surface area contributed by atoms with Gasteiger partial charge in [0.1, 0.15) is 5.60 Å². The van der Waals surface area contributed by atoms with Crippen molar-refractivity contribution in [3.8, 4) is 0 Å². The number of amides is 8. The topological polar surface area (TPSA) is 510 Å². The number of aliphatic carboxylic acids is 6. The smallest absolute Gasteiger partial charge is 0.410 e. The van der Waals surface area contributed by atoms with Crippen molar-refractivity contribution >= 4 is 89.2 Å². The lowest BCUT2D eigenvalue weighted by Gasteiger charge is -2.38. The lowest BCUT2D eigenvalue weighted by atomic mass is 9.78. The molecule has 5 N–H and O–H groups in total. The Morgan fingerprint density at radius 1 is 0.331 bits per heavy atom. The van der Waals surface area contributed by atoms with Gasteiger partial charge in [0.15, 0.2) is 0 Å². The van der Waals surface area contributed by atoms with E-state index in [9.17, 15) is 103 Å². The number of carboxylic acid groups (broad SMARTS) is 6. The van der Waals surface area contributed by atoms with E-state index in [1.807, 2.05) is 70.5 Å². The second-order valence-electron chi connectivity index (χ2n) is 44.4. The van der Waals surface area contributed by atoms with Crippen molar-refractivity contribution in [1.82, 2.24) is 49.0 Å². The summed E-state index contributed by atoms with van der Waals surface area (Å²) in [5.41, 5.74) is 0.717. The standard InChI is InChI=1S/C19H24N2O4.C17H26N2O6.C14H22N2O4.C14H21NO4.2C13H20N2O4.C13H19NO4/c22-18(16-14-6-7-15(25-14)17(16)19(23)24)21-10-8-20(9-11-21)12-13-4-2-1-3-5-13;1-17(2,3)25-16(23)19-8-6-18(7-9-19)14(20)12-10-4-5-11(24-10)13(12)15(21)22;1-2-15-5-7-16(8-6-15)13(17)11-9-3-4-10(20-9)12(11)14(18)19;1-18-14(17)12-10-6-5-9(19-10)11(12)13(16)15-7-3-2-4-8-15;2*1-14-4-6-15(7-5-14)12(16)10-8-2-3-9(19-8)11(10)13(17)18;15-12(14-6-2-1-3-7-14)10-8-4-5-9(18-8)11(10)13(16)17/h1-5,14-17H,6-12H2,(H,23,24);10-13H,4-9H2,1-3H3,(H,21,22);9-12H,2-8H2,1H3,(H,18,19);9-12H,2-8H2,1H3;2*8-11H,2-7H2,1H3,(H,17,18);8-11H,1-7H2,(H,16,17)/p-1/t14-,15+,16?,17?;10-,11+,12?,13?;2*9-,10+,11?,12?;3*8-,9+,10?,11?/m0000000/s1. The third-order valence-electron chi connectivity index (χ3n) is 34.6. The molecule has 0 saturated carbocycles. The van der Waals surface area contributed by atoms with Crippen LogP contribution in [0.5, 0.6) is 0 Å². The summed E-state index contributed by atoms with van der Waals surface area (Å²) in [7, 11) is 5.52. The number of likely N-dealkylation sites (tertiary alicyclic amines) is 2. The Bertz CT molecular complexity index is 4670. The quantitative estimate of drug-likeness (QED) is 0.0943. The fourth-order valence-electron chi connectivity index (χ4n) is 26.9. The fraction of sp³-hybridized carbons (Fsp3) is 0.796. The maximum atomic E-state index is 12.9. The highest BCUT2D eigenvalue weighted by Crippen LogP contribution is 2.52. The first-order valence-electron chi connectivity index (χ1n) is 53.5. The summed E-state index contributed by atoms with van der Waals surface area (Å²) in [6, 6.07) is 10.3. The summed E-state index contributed by atoms with van der Waals surface area (Å²) in [6.45, 7) is 26.9. The largest absolute Gasteiger partial charge is 0.550 e. The van der Waals surface area contributed by atoms with Gasteiger partial charge in [0.2, 0.25) is 41.4 Å². The van der Waals surface area contributed by atoms with E-state index in [-0.39, 0.29) is 145 Å². The van der Waals surface area contributed by atoms with Crippen LogP contribution in [-0.2, 0) is 116 Å². The van der Waals surface area contributed by atoms with Crippen LogP contribution in [0.2, 0.25) is 0 Å². The second kappa shape index (κ2) is 47.6. The average Bonchev–Trinajstić information content (AvgIpc) is 1.67. The van der Waals surface area contributed by atoms with Crippen molar-refractivity contribution in [3.63, 3.8) is 0 Å². The summed E-state index contributed by atoms with van der Waals surface area (Å²) in [5.74, 6) is -14.8. The third-order valence-corrected chi connectivity index (χ3v) is 34.6. The Balaban J connectivity index is 0.000000122. The van der Waals surface area contributed by atoms with Gasteiger partial charge in [-0.15, -0.1) is 0 Å². The Hall–Kier alpha value is -9.37. The number of rotatable bonds is 17. The molecule has 0 spiro atoms. The van der Waals surface area contributed by atoms with E-state index in [0.717, 1.165) is 220 Å². The van der Waals surface area contributed by atoms with Crippen LogP contribution >= 0.6 is 0 Å². The molecule has 1 aromatic carbocycles. The SMILES string of the molecule is CC(C)(C)OC(=O)N1CCN(C(=O)C2C(C(=O)O)[C@H]3CC[C@@H]2O3)CC1.CC[NH+]1CCN(C(=O)C2C(C(=O)[O-])[C@H]3CC[C@@H]2O3)CC1.CN1CCN(C(=O)C2C(C(=O)O)[C@H]3CC[C@@H]2O3)CC1.COC(=O)C1C(C(=O)N2CCCCC2)[C@@H]2CC[C@H]1O2.C[NH+]1CCN(C(=O)C2C(C(=O)[O-])[C@H]3CC[C@@H]2O3)CC1.O=C(O)C1C(C(=O)N2CCN(Cc3ccccc3)CC2)[C@@H]2CC[C@H]1O2.O=C([O-])C1C(C(=O)N2CCCCC2)[C@@H]2CC[C@H]1O2. The van der Waals surface area contributed by atoms with Gasteiger partial charge in [0.25, 0.3) is 0 Å². The van der Waals surface area contributed by atoms with Gasteiger partial charge in [-0.3, -0.25) is 57.6 Å². The normalized spacial score (nSPS) is 36.1. The van der Waals surface area contributed by atoms with Crippen molar-refractivity contribution in [3.05, 3.63) is 35.9 Å². The number of nitrogens with one attached hydrogen (secondary N) is 2. The van der Waals surface area contributed by atoms with Gasteiger partial charge in [-0.25, -0.2) is 4.79 Å². The molecule has 42 heteroatoms.